The molecule has 0 aliphatic carbocycles. The first-order valence-corrected chi connectivity index (χ1v) is 12.3. The van der Waals surface area contributed by atoms with Crippen LogP contribution in [0.3, 0.4) is 0 Å². The number of nitrogens with one attached hydrogen (secondary N) is 1. The van der Waals surface area contributed by atoms with Gasteiger partial charge in [-0.25, -0.2) is 8.42 Å². The topological polar surface area (TPSA) is 79.6 Å². The van der Waals surface area contributed by atoms with Crippen molar-refractivity contribution in [2.75, 3.05) is 19.6 Å². The molecule has 4 rings (SSSR count). The third kappa shape index (κ3) is 4.35. The summed E-state index contributed by atoms with van der Waals surface area (Å²) in [7, 11) is -3.80. The van der Waals surface area contributed by atoms with E-state index in [1.54, 1.807) is 23.5 Å². The van der Waals surface area contributed by atoms with E-state index < -0.39 is 15.7 Å². The van der Waals surface area contributed by atoms with Crippen molar-refractivity contribution in [2.24, 2.45) is 0 Å². The van der Waals surface area contributed by atoms with Crippen molar-refractivity contribution in [1.29, 1.82) is 0 Å². The fourth-order valence-corrected chi connectivity index (χ4v) is 5.67. The van der Waals surface area contributed by atoms with E-state index in [-0.39, 0.29) is 21.8 Å². The fraction of sp³-hybridized carbons (Fsp3) is 0.318. The van der Waals surface area contributed by atoms with E-state index in [1.807, 2.05) is 18.4 Å². The average Bonchev–Trinajstić information content (AvgIpc) is 3.50. The monoisotopic (exact) mass is 444 g/mol. The van der Waals surface area contributed by atoms with Gasteiger partial charge >= 0.3 is 0 Å². The molecule has 1 atom stereocenters. The van der Waals surface area contributed by atoms with Crippen LogP contribution in [0, 0.1) is 6.92 Å². The lowest BCUT2D eigenvalue weighted by atomic mass is 10.2. The maximum absolute atomic E-state index is 12.7. The Hall–Kier alpha value is -2.42. The van der Waals surface area contributed by atoms with Crippen molar-refractivity contribution in [3.05, 3.63) is 70.1 Å². The summed E-state index contributed by atoms with van der Waals surface area (Å²) in [4.78, 5) is 16.4. The van der Waals surface area contributed by atoms with Gasteiger partial charge in [0.25, 0.3) is 5.91 Å². The molecule has 1 unspecified atom stereocenters. The molecule has 8 heteroatoms. The molecule has 0 radical (unpaired) electrons. The van der Waals surface area contributed by atoms with Crippen LogP contribution in [0.4, 0.5) is 0 Å². The number of hydrogen-bond donors (Lipinski definition) is 1. The van der Waals surface area contributed by atoms with E-state index in [0.29, 0.717) is 6.54 Å². The molecule has 0 bridgehead atoms. The van der Waals surface area contributed by atoms with E-state index in [0.717, 1.165) is 31.5 Å². The van der Waals surface area contributed by atoms with Crippen LogP contribution in [0.1, 0.15) is 39.9 Å². The Labute approximate surface area is 180 Å². The number of rotatable bonds is 7. The van der Waals surface area contributed by atoms with Crippen LogP contribution in [0.25, 0.3) is 0 Å². The lowest BCUT2D eigenvalue weighted by Gasteiger charge is -2.26. The molecule has 1 aliphatic heterocycles. The normalized spacial score (nSPS) is 15.9. The molecule has 1 saturated heterocycles. The van der Waals surface area contributed by atoms with Crippen LogP contribution in [0.5, 0.6) is 0 Å². The van der Waals surface area contributed by atoms with Crippen molar-refractivity contribution >= 4 is 27.1 Å². The molecule has 30 heavy (non-hydrogen) atoms. The van der Waals surface area contributed by atoms with Gasteiger partial charge in [-0.3, -0.25) is 9.69 Å². The SMILES string of the molecule is Cc1ccc(S(=O)(=O)c2ccc(C(=O)NCC(c3cccs3)N3CCCC3)o2)cc1. The highest BCUT2D eigenvalue weighted by atomic mass is 32.2. The van der Waals surface area contributed by atoms with Crippen molar-refractivity contribution in [3.8, 4) is 0 Å². The number of thiophene rings is 1. The summed E-state index contributed by atoms with van der Waals surface area (Å²) in [5.74, 6) is -0.423. The van der Waals surface area contributed by atoms with Crippen LogP contribution < -0.4 is 5.32 Å². The number of furan rings is 1. The molecule has 1 amide bonds. The molecule has 2 aromatic heterocycles. The lowest BCUT2D eigenvalue weighted by Crippen LogP contribution is -2.36. The summed E-state index contributed by atoms with van der Waals surface area (Å²) in [5.41, 5.74) is 0.965. The summed E-state index contributed by atoms with van der Waals surface area (Å²) in [6.45, 7) is 4.35. The molecule has 3 aromatic rings. The third-order valence-electron chi connectivity index (χ3n) is 5.31. The van der Waals surface area contributed by atoms with Gasteiger partial charge < -0.3 is 9.73 Å². The van der Waals surface area contributed by atoms with Gasteiger partial charge in [-0.1, -0.05) is 23.8 Å². The standard InChI is InChI=1S/C22H24N2O4S2/c1-16-6-8-17(9-7-16)30(26,27)21-11-10-19(28-21)22(25)23-15-18(20-5-4-14-29-20)24-12-2-3-13-24/h4-11,14,18H,2-3,12-13,15H2,1H3,(H,23,25). The largest absolute Gasteiger partial charge is 0.439 e. The zero-order chi connectivity index (χ0) is 21.1. The molecule has 1 N–H and O–H groups in total. The zero-order valence-electron chi connectivity index (χ0n) is 16.7. The summed E-state index contributed by atoms with van der Waals surface area (Å²) < 4.78 is 30.9. The van der Waals surface area contributed by atoms with Crippen LogP contribution >= 0.6 is 11.3 Å². The van der Waals surface area contributed by atoms with E-state index in [4.69, 9.17) is 4.42 Å². The minimum absolute atomic E-state index is 0.00737. The van der Waals surface area contributed by atoms with Crippen LogP contribution in [0.2, 0.25) is 0 Å². The van der Waals surface area contributed by atoms with E-state index >= 15 is 0 Å². The predicted octanol–water partition coefficient (Wildman–Crippen LogP) is 4.05. The van der Waals surface area contributed by atoms with Gasteiger partial charge in [-0.2, -0.15) is 0 Å². The molecule has 0 saturated carbocycles. The minimum atomic E-state index is -3.80. The summed E-state index contributed by atoms with van der Waals surface area (Å²) >= 11 is 1.68. The molecule has 1 aromatic carbocycles. The van der Waals surface area contributed by atoms with Gasteiger partial charge in [0.15, 0.2) is 5.76 Å². The second kappa shape index (κ2) is 8.75. The first kappa shape index (κ1) is 20.8. The Morgan fingerprint density at radius 2 is 1.87 bits per heavy atom. The quantitative estimate of drug-likeness (QED) is 0.595. The van der Waals surface area contributed by atoms with Gasteiger partial charge in [-0.15, -0.1) is 11.3 Å². The Balaban J connectivity index is 1.46. The molecular formula is C22H24N2O4S2. The van der Waals surface area contributed by atoms with E-state index in [2.05, 4.69) is 16.3 Å². The van der Waals surface area contributed by atoms with Crippen LogP contribution in [-0.4, -0.2) is 38.9 Å². The number of nitrogens with zero attached hydrogens (tertiary/aromatic N) is 1. The van der Waals surface area contributed by atoms with Crippen molar-refractivity contribution in [1.82, 2.24) is 10.2 Å². The highest BCUT2D eigenvalue weighted by Crippen LogP contribution is 2.28. The maximum atomic E-state index is 12.7. The lowest BCUT2D eigenvalue weighted by molar-refractivity contribution is 0.0905. The van der Waals surface area contributed by atoms with Gasteiger partial charge in [0.1, 0.15) is 0 Å². The second-order valence-electron chi connectivity index (χ2n) is 7.42. The summed E-state index contributed by atoms with van der Waals surface area (Å²) in [6.07, 6.45) is 2.32. The Bertz CT molecular complexity index is 1100. The van der Waals surface area contributed by atoms with E-state index in [9.17, 15) is 13.2 Å². The molecule has 0 spiro atoms. The number of sulfone groups is 1. The molecule has 158 valence electrons. The minimum Gasteiger partial charge on any atom is -0.439 e. The smallest absolute Gasteiger partial charge is 0.287 e. The van der Waals surface area contributed by atoms with Gasteiger partial charge in [0, 0.05) is 11.4 Å². The van der Waals surface area contributed by atoms with Gasteiger partial charge in [0.05, 0.1) is 10.9 Å². The third-order valence-corrected chi connectivity index (χ3v) is 7.93. The average molecular weight is 445 g/mol. The van der Waals surface area contributed by atoms with Crippen molar-refractivity contribution in [3.63, 3.8) is 0 Å². The Morgan fingerprint density at radius 3 is 2.53 bits per heavy atom. The van der Waals surface area contributed by atoms with Crippen molar-refractivity contribution < 1.29 is 17.6 Å². The number of benzene rings is 1. The number of hydrogen-bond acceptors (Lipinski definition) is 6. The highest BCUT2D eigenvalue weighted by molar-refractivity contribution is 7.91. The van der Waals surface area contributed by atoms with Crippen LogP contribution in [-0.2, 0) is 9.84 Å². The van der Waals surface area contributed by atoms with E-state index in [1.165, 1.54) is 29.1 Å². The number of aryl methyl sites for hydroxylation is 1. The van der Waals surface area contributed by atoms with Crippen LogP contribution in [0.15, 0.2) is 68.3 Å². The first-order valence-electron chi connectivity index (χ1n) is 9.92. The zero-order valence-corrected chi connectivity index (χ0v) is 18.3. The Morgan fingerprint density at radius 1 is 1.13 bits per heavy atom. The number of likely N-dealkylation sites (tertiary alicyclic amines) is 1. The first-order chi connectivity index (χ1) is 14.4. The summed E-state index contributed by atoms with van der Waals surface area (Å²) in [6, 6.07) is 13.5. The fourth-order valence-electron chi connectivity index (χ4n) is 3.64. The second-order valence-corrected chi connectivity index (χ2v) is 10.3. The molecule has 6 nitrogen and oxygen atoms in total. The molecule has 3 heterocycles. The summed E-state index contributed by atoms with van der Waals surface area (Å²) in [5, 5.41) is 4.72. The van der Waals surface area contributed by atoms with Crippen molar-refractivity contribution in [2.45, 2.75) is 35.8 Å². The molecular weight excluding hydrogens is 420 g/mol. The highest BCUT2D eigenvalue weighted by Gasteiger charge is 2.27. The number of amides is 1. The van der Waals surface area contributed by atoms with Gasteiger partial charge in [0.2, 0.25) is 14.9 Å². The maximum Gasteiger partial charge on any atom is 0.287 e. The Kier molecular flexibility index (Phi) is 6.08. The van der Waals surface area contributed by atoms with Gasteiger partial charge in [-0.05, 0) is 68.6 Å². The predicted molar refractivity (Wildman–Crippen MR) is 116 cm³/mol. The number of carbonyl (C=O) groups excluding carboxylic acids is 1. The number of carbonyl (C=O) groups is 1. The molecule has 1 fully saturated rings. The molecule has 1 aliphatic rings.